The van der Waals surface area contributed by atoms with Crippen LogP contribution in [0.25, 0.3) is 0 Å². The van der Waals surface area contributed by atoms with E-state index in [4.69, 9.17) is 4.74 Å². The minimum atomic E-state index is 0.0143. The summed E-state index contributed by atoms with van der Waals surface area (Å²) in [7, 11) is 0. The zero-order valence-corrected chi connectivity index (χ0v) is 14.7. The summed E-state index contributed by atoms with van der Waals surface area (Å²) in [6, 6.07) is 15.8. The van der Waals surface area contributed by atoms with Crippen molar-refractivity contribution in [3.8, 4) is 5.75 Å². The van der Waals surface area contributed by atoms with Crippen LogP contribution in [0.15, 0.2) is 57.9 Å². The van der Waals surface area contributed by atoms with E-state index in [1.54, 1.807) is 0 Å². The molecule has 0 bridgehead atoms. The van der Waals surface area contributed by atoms with Gasteiger partial charge in [0.15, 0.2) is 0 Å². The van der Waals surface area contributed by atoms with Crippen LogP contribution in [0.4, 0.5) is 0 Å². The van der Waals surface area contributed by atoms with Crippen molar-refractivity contribution < 1.29 is 9.53 Å². The van der Waals surface area contributed by atoms with E-state index >= 15 is 0 Å². The lowest BCUT2D eigenvalue weighted by molar-refractivity contribution is -0.118. The second kappa shape index (κ2) is 8.86. The maximum atomic E-state index is 11.7. The summed E-state index contributed by atoms with van der Waals surface area (Å²) in [4.78, 5) is 12.8. The molecule has 0 aliphatic heterocycles. The third-order valence-corrected chi connectivity index (χ3v) is 4.44. The normalized spacial score (nSPS) is 10.3. The van der Waals surface area contributed by atoms with Gasteiger partial charge in [0.25, 0.3) is 0 Å². The first-order chi connectivity index (χ1) is 10.6. The molecule has 2 aromatic carbocycles. The third kappa shape index (κ3) is 6.12. The Morgan fingerprint density at radius 1 is 1.14 bits per heavy atom. The molecule has 3 nitrogen and oxygen atoms in total. The number of thioether (sulfide) groups is 1. The molecule has 0 atom stereocenters. The van der Waals surface area contributed by atoms with Gasteiger partial charge in [-0.3, -0.25) is 4.79 Å². The van der Waals surface area contributed by atoms with Gasteiger partial charge >= 0.3 is 0 Å². The topological polar surface area (TPSA) is 38.3 Å². The van der Waals surface area contributed by atoms with Crippen LogP contribution in [0.3, 0.4) is 0 Å². The molecule has 2 rings (SSSR count). The lowest BCUT2D eigenvalue weighted by Crippen LogP contribution is -2.29. The number of hydrogen-bond acceptors (Lipinski definition) is 3. The monoisotopic (exact) mass is 379 g/mol. The number of halogens is 1. The Balaban J connectivity index is 1.61. The Bertz CT molecular complexity index is 599. The maximum absolute atomic E-state index is 11.7. The number of rotatable bonds is 7. The number of carbonyl (C=O) groups is 1. The van der Waals surface area contributed by atoms with Crippen molar-refractivity contribution >= 4 is 33.6 Å². The minimum Gasteiger partial charge on any atom is -0.492 e. The molecule has 0 fully saturated rings. The molecular weight excluding hydrogens is 362 g/mol. The predicted molar refractivity (Wildman–Crippen MR) is 94.5 cm³/mol. The van der Waals surface area contributed by atoms with Crippen LogP contribution >= 0.6 is 27.7 Å². The second-order valence-corrected chi connectivity index (χ2v) is 6.72. The van der Waals surface area contributed by atoms with E-state index in [9.17, 15) is 4.79 Å². The molecule has 0 unspecified atom stereocenters. The van der Waals surface area contributed by atoms with Crippen molar-refractivity contribution in [2.45, 2.75) is 11.8 Å². The molecule has 5 heteroatoms. The van der Waals surface area contributed by atoms with E-state index in [-0.39, 0.29) is 5.91 Å². The van der Waals surface area contributed by atoms with E-state index < -0.39 is 0 Å². The Hall–Kier alpha value is -1.46. The lowest BCUT2D eigenvalue weighted by Gasteiger charge is -2.08. The second-order valence-electron chi connectivity index (χ2n) is 4.75. The SMILES string of the molecule is Cc1ccc(OCCNC(=O)CSc2ccc(Br)cc2)cc1. The van der Waals surface area contributed by atoms with Crippen LogP contribution in [-0.4, -0.2) is 24.8 Å². The van der Waals surface area contributed by atoms with Gasteiger partial charge < -0.3 is 10.1 Å². The van der Waals surface area contributed by atoms with Gasteiger partial charge in [-0.25, -0.2) is 0 Å². The van der Waals surface area contributed by atoms with E-state index in [1.807, 2.05) is 55.5 Å². The number of amides is 1. The van der Waals surface area contributed by atoms with E-state index in [0.717, 1.165) is 15.1 Å². The molecule has 0 spiro atoms. The van der Waals surface area contributed by atoms with Gasteiger partial charge in [-0.1, -0.05) is 33.6 Å². The van der Waals surface area contributed by atoms with Crippen molar-refractivity contribution in [2.75, 3.05) is 18.9 Å². The van der Waals surface area contributed by atoms with Crippen LogP contribution in [0.5, 0.6) is 5.75 Å². The predicted octanol–water partition coefficient (Wildman–Crippen LogP) is 4.04. The zero-order valence-electron chi connectivity index (χ0n) is 12.3. The highest BCUT2D eigenvalue weighted by molar-refractivity contribution is 9.10. The lowest BCUT2D eigenvalue weighted by atomic mass is 10.2. The van der Waals surface area contributed by atoms with Crippen LogP contribution < -0.4 is 10.1 Å². The largest absolute Gasteiger partial charge is 0.492 e. The number of aryl methyl sites for hydroxylation is 1. The van der Waals surface area contributed by atoms with Gasteiger partial charge in [0.1, 0.15) is 12.4 Å². The maximum Gasteiger partial charge on any atom is 0.230 e. The van der Waals surface area contributed by atoms with E-state index in [0.29, 0.717) is 18.9 Å². The van der Waals surface area contributed by atoms with E-state index in [2.05, 4.69) is 21.2 Å². The summed E-state index contributed by atoms with van der Waals surface area (Å²) in [6.45, 7) is 3.01. The smallest absolute Gasteiger partial charge is 0.230 e. The Morgan fingerprint density at radius 3 is 2.50 bits per heavy atom. The van der Waals surface area contributed by atoms with Gasteiger partial charge in [0.2, 0.25) is 5.91 Å². The third-order valence-electron chi connectivity index (χ3n) is 2.90. The van der Waals surface area contributed by atoms with Crippen LogP contribution in [0, 0.1) is 6.92 Å². The fraction of sp³-hybridized carbons (Fsp3) is 0.235. The van der Waals surface area contributed by atoms with Crippen molar-refractivity contribution in [2.24, 2.45) is 0 Å². The summed E-state index contributed by atoms with van der Waals surface area (Å²) in [5, 5.41) is 2.85. The molecule has 1 amide bonds. The Labute approximate surface area is 143 Å². The Kier molecular flexibility index (Phi) is 6.80. The Morgan fingerprint density at radius 2 is 1.82 bits per heavy atom. The van der Waals surface area contributed by atoms with Crippen molar-refractivity contribution in [1.82, 2.24) is 5.32 Å². The average molecular weight is 380 g/mol. The number of benzene rings is 2. The number of ether oxygens (including phenoxy) is 1. The highest BCUT2D eigenvalue weighted by Crippen LogP contribution is 2.20. The molecule has 0 radical (unpaired) electrons. The number of hydrogen-bond donors (Lipinski definition) is 1. The quantitative estimate of drug-likeness (QED) is 0.582. The number of nitrogens with one attached hydrogen (secondary N) is 1. The van der Waals surface area contributed by atoms with Crippen LogP contribution in [-0.2, 0) is 4.79 Å². The first-order valence-corrected chi connectivity index (χ1v) is 8.76. The first-order valence-electron chi connectivity index (χ1n) is 6.98. The molecule has 0 aromatic heterocycles. The fourth-order valence-electron chi connectivity index (χ4n) is 1.72. The molecule has 22 heavy (non-hydrogen) atoms. The van der Waals surface area contributed by atoms with Crippen LogP contribution in [0.1, 0.15) is 5.56 Å². The first kappa shape index (κ1) is 16.9. The summed E-state index contributed by atoms with van der Waals surface area (Å²) in [6.07, 6.45) is 0. The summed E-state index contributed by atoms with van der Waals surface area (Å²) >= 11 is 4.91. The standard InChI is InChI=1S/C17H18BrNO2S/c1-13-2-6-15(7-3-13)21-11-10-19-17(20)12-22-16-8-4-14(18)5-9-16/h2-9H,10-12H2,1H3,(H,19,20). The molecule has 116 valence electrons. The van der Waals surface area contributed by atoms with Gasteiger partial charge in [0, 0.05) is 9.37 Å². The molecule has 2 aromatic rings. The molecule has 0 heterocycles. The van der Waals surface area contributed by atoms with Gasteiger partial charge in [0.05, 0.1) is 12.3 Å². The molecule has 0 saturated heterocycles. The molecule has 0 saturated carbocycles. The highest BCUT2D eigenvalue weighted by Gasteiger charge is 2.02. The molecular formula is C17H18BrNO2S. The summed E-state index contributed by atoms with van der Waals surface area (Å²) in [5.74, 6) is 1.25. The number of carbonyl (C=O) groups excluding carboxylic acids is 1. The minimum absolute atomic E-state index is 0.0143. The van der Waals surface area contributed by atoms with Gasteiger partial charge in [-0.2, -0.15) is 0 Å². The fourth-order valence-corrected chi connectivity index (χ4v) is 2.72. The zero-order chi connectivity index (χ0) is 15.8. The van der Waals surface area contributed by atoms with Gasteiger partial charge in [-0.15, -0.1) is 11.8 Å². The average Bonchev–Trinajstić information content (AvgIpc) is 2.53. The summed E-state index contributed by atoms with van der Waals surface area (Å²) in [5.41, 5.74) is 1.20. The van der Waals surface area contributed by atoms with Gasteiger partial charge in [-0.05, 0) is 43.3 Å². The molecule has 1 N–H and O–H groups in total. The molecule has 0 aliphatic rings. The molecule has 0 aliphatic carbocycles. The van der Waals surface area contributed by atoms with Crippen molar-refractivity contribution in [3.63, 3.8) is 0 Å². The highest BCUT2D eigenvalue weighted by atomic mass is 79.9. The summed E-state index contributed by atoms with van der Waals surface area (Å²) < 4.78 is 6.60. The van der Waals surface area contributed by atoms with E-state index in [1.165, 1.54) is 17.3 Å². The van der Waals surface area contributed by atoms with Crippen molar-refractivity contribution in [1.29, 1.82) is 0 Å². The van der Waals surface area contributed by atoms with Crippen LogP contribution in [0.2, 0.25) is 0 Å². The van der Waals surface area contributed by atoms with Crippen molar-refractivity contribution in [3.05, 3.63) is 58.6 Å².